The Kier molecular flexibility index (Phi) is 4.14. The van der Waals surface area contributed by atoms with Crippen LogP contribution in [-0.4, -0.2) is 12.5 Å². The molecule has 0 spiro atoms. The zero-order valence-corrected chi connectivity index (χ0v) is 12.1. The zero-order chi connectivity index (χ0) is 13.8. The van der Waals surface area contributed by atoms with E-state index in [9.17, 15) is 0 Å². The van der Waals surface area contributed by atoms with E-state index in [0.29, 0.717) is 5.88 Å². The van der Waals surface area contributed by atoms with Crippen molar-refractivity contribution in [3.63, 3.8) is 0 Å². The predicted octanol–water partition coefficient (Wildman–Crippen LogP) is 4.61. The molecule has 1 aliphatic rings. The fourth-order valence-corrected chi connectivity index (χ4v) is 2.34. The van der Waals surface area contributed by atoms with Gasteiger partial charge >= 0.3 is 0 Å². The summed E-state index contributed by atoms with van der Waals surface area (Å²) in [5, 5.41) is 2.37. The maximum atomic E-state index is 5.81. The van der Waals surface area contributed by atoms with Crippen LogP contribution in [0.25, 0.3) is 10.8 Å². The van der Waals surface area contributed by atoms with Crippen molar-refractivity contribution in [1.29, 1.82) is 0 Å². The van der Waals surface area contributed by atoms with Crippen LogP contribution in [0.5, 0.6) is 5.75 Å². The van der Waals surface area contributed by atoms with Crippen LogP contribution >= 0.6 is 11.6 Å². The largest absolute Gasteiger partial charge is 0.494 e. The Balaban J connectivity index is 1.73. The fraction of sp³-hybridized carbons (Fsp3) is 0.333. The molecule has 0 heterocycles. The Labute approximate surface area is 124 Å². The molecule has 2 aromatic carbocycles. The average Bonchev–Trinajstić information content (AvgIpc) is 3.29. The molecule has 1 nitrogen and oxygen atoms in total. The number of hydrogen-bond donors (Lipinski definition) is 0. The molecule has 0 atom stereocenters. The summed E-state index contributed by atoms with van der Waals surface area (Å²) in [6.45, 7) is 0.829. The van der Waals surface area contributed by atoms with Crippen LogP contribution in [0.4, 0.5) is 0 Å². The minimum atomic E-state index is 0.367. The molecule has 3 rings (SSSR count). The Morgan fingerprint density at radius 2 is 1.90 bits per heavy atom. The number of halogens is 1. The average molecular weight is 285 g/mol. The molecule has 0 aliphatic heterocycles. The van der Waals surface area contributed by atoms with Gasteiger partial charge in [-0.1, -0.05) is 36.8 Å². The number of alkyl halides is 1. The van der Waals surface area contributed by atoms with Crippen molar-refractivity contribution in [3.8, 4) is 17.6 Å². The molecule has 0 saturated heterocycles. The number of fused-ring (bicyclic) bond motifs is 1. The van der Waals surface area contributed by atoms with Gasteiger partial charge in [-0.2, -0.15) is 0 Å². The first-order valence-electron chi connectivity index (χ1n) is 7.06. The predicted molar refractivity (Wildman–Crippen MR) is 84.4 cm³/mol. The Morgan fingerprint density at radius 1 is 1.10 bits per heavy atom. The maximum Gasteiger partial charge on any atom is 0.119 e. The highest BCUT2D eigenvalue weighted by Crippen LogP contribution is 2.32. The summed E-state index contributed by atoms with van der Waals surface area (Å²) in [7, 11) is 0. The normalized spacial score (nSPS) is 13.8. The minimum absolute atomic E-state index is 0.367. The second-order valence-corrected chi connectivity index (χ2v) is 5.51. The first-order valence-corrected chi connectivity index (χ1v) is 7.60. The monoisotopic (exact) mass is 284 g/mol. The molecule has 0 amide bonds. The van der Waals surface area contributed by atoms with Crippen molar-refractivity contribution < 1.29 is 4.74 Å². The second-order valence-electron chi connectivity index (χ2n) is 5.24. The van der Waals surface area contributed by atoms with E-state index in [-0.39, 0.29) is 0 Å². The van der Waals surface area contributed by atoms with Crippen molar-refractivity contribution in [1.82, 2.24) is 0 Å². The van der Waals surface area contributed by atoms with E-state index in [2.05, 4.69) is 36.1 Å². The summed E-state index contributed by atoms with van der Waals surface area (Å²) in [5.41, 5.74) is 1.00. The van der Waals surface area contributed by atoms with E-state index in [4.69, 9.17) is 16.3 Å². The van der Waals surface area contributed by atoms with E-state index in [1.165, 1.54) is 30.0 Å². The van der Waals surface area contributed by atoms with Crippen molar-refractivity contribution in [2.45, 2.75) is 19.3 Å². The number of hydrogen-bond acceptors (Lipinski definition) is 1. The molecule has 0 radical (unpaired) electrons. The molecule has 0 bridgehead atoms. The molecular formula is C18H17ClO. The van der Waals surface area contributed by atoms with Crippen LogP contribution in [0.15, 0.2) is 36.4 Å². The van der Waals surface area contributed by atoms with Crippen molar-refractivity contribution in [2.75, 3.05) is 12.5 Å². The highest BCUT2D eigenvalue weighted by atomic mass is 35.5. The van der Waals surface area contributed by atoms with Gasteiger partial charge in [-0.3, -0.25) is 0 Å². The highest BCUT2D eigenvalue weighted by molar-refractivity contribution is 6.19. The van der Waals surface area contributed by atoms with Gasteiger partial charge < -0.3 is 4.74 Å². The van der Waals surface area contributed by atoms with Crippen LogP contribution in [0.2, 0.25) is 0 Å². The van der Waals surface area contributed by atoms with Gasteiger partial charge in [0.25, 0.3) is 0 Å². The fourth-order valence-electron chi connectivity index (χ4n) is 2.28. The first kappa shape index (κ1) is 13.3. The standard InChI is InChI=1S/C18H17ClO/c19-10-1-2-15-5-6-17-13-18(8-7-16(17)12-15)20-11-9-14-3-4-14/h5-8,12-14H,3-4,9-11H2. The quantitative estimate of drug-likeness (QED) is 0.588. The molecule has 102 valence electrons. The van der Waals surface area contributed by atoms with Crippen molar-refractivity contribution in [2.24, 2.45) is 5.92 Å². The Morgan fingerprint density at radius 3 is 2.70 bits per heavy atom. The Bertz CT molecular complexity index is 662. The van der Waals surface area contributed by atoms with Crippen LogP contribution < -0.4 is 4.74 Å². The third-order valence-electron chi connectivity index (χ3n) is 3.60. The van der Waals surface area contributed by atoms with E-state index in [1.54, 1.807) is 0 Å². The summed E-state index contributed by atoms with van der Waals surface area (Å²) in [6, 6.07) is 12.4. The third-order valence-corrected chi connectivity index (χ3v) is 3.74. The molecule has 2 aromatic rings. The SMILES string of the molecule is ClCC#Cc1ccc2cc(OCCC3CC3)ccc2c1. The molecule has 0 unspecified atom stereocenters. The van der Waals surface area contributed by atoms with Gasteiger partial charge in [0, 0.05) is 5.56 Å². The summed E-state index contributed by atoms with van der Waals surface area (Å²) in [4.78, 5) is 0. The van der Waals surface area contributed by atoms with Gasteiger partial charge in [0.1, 0.15) is 5.75 Å². The van der Waals surface area contributed by atoms with Crippen molar-refractivity contribution >= 4 is 22.4 Å². The van der Waals surface area contributed by atoms with Crippen LogP contribution in [0.3, 0.4) is 0 Å². The van der Waals surface area contributed by atoms with Gasteiger partial charge in [0.15, 0.2) is 0 Å². The van der Waals surface area contributed by atoms with Crippen LogP contribution in [-0.2, 0) is 0 Å². The Hall–Kier alpha value is -1.65. The lowest BCUT2D eigenvalue weighted by Crippen LogP contribution is -1.97. The van der Waals surface area contributed by atoms with Gasteiger partial charge in [-0.15, -0.1) is 11.6 Å². The lowest BCUT2D eigenvalue weighted by molar-refractivity contribution is 0.303. The van der Waals surface area contributed by atoms with Crippen molar-refractivity contribution in [3.05, 3.63) is 42.0 Å². The van der Waals surface area contributed by atoms with E-state index in [0.717, 1.165) is 23.8 Å². The smallest absolute Gasteiger partial charge is 0.119 e. The molecule has 1 saturated carbocycles. The minimum Gasteiger partial charge on any atom is -0.494 e. The van der Waals surface area contributed by atoms with Gasteiger partial charge in [0.2, 0.25) is 0 Å². The molecule has 20 heavy (non-hydrogen) atoms. The zero-order valence-electron chi connectivity index (χ0n) is 11.4. The van der Waals surface area contributed by atoms with E-state index in [1.807, 2.05) is 12.1 Å². The first-order chi connectivity index (χ1) is 9.85. The second kappa shape index (κ2) is 6.20. The van der Waals surface area contributed by atoms with E-state index < -0.39 is 0 Å². The summed E-state index contributed by atoms with van der Waals surface area (Å²) >= 11 is 5.58. The van der Waals surface area contributed by atoms with Crippen LogP contribution in [0.1, 0.15) is 24.8 Å². The molecule has 1 fully saturated rings. The molecule has 1 aliphatic carbocycles. The lowest BCUT2D eigenvalue weighted by atomic mass is 10.1. The highest BCUT2D eigenvalue weighted by Gasteiger charge is 2.20. The lowest BCUT2D eigenvalue weighted by Gasteiger charge is -2.07. The summed E-state index contributed by atoms with van der Waals surface area (Å²) < 4.78 is 5.81. The molecule has 0 N–H and O–H groups in total. The molecule has 0 aromatic heterocycles. The number of rotatable bonds is 4. The number of benzene rings is 2. The van der Waals surface area contributed by atoms with Gasteiger partial charge in [0.05, 0.1) is 12.5 Å². The van der Waals surface area contributed by atoms with Gasteiger partial charge in [-0.25, -0.2) is 0 Å². The summed E-state index contributed by atoms with van der Waals surface area (Å²) in [5.74, 6) is 8.16. The number of ether oxygens (including phenoxy) is 1. The topological polar surface area (TPSA) is 9.23 Å². The van der Waals surface area contributed by atoms with Gasteiger partial charge in [-0.05, 0) is 47.4 Å². The molecular weight excluding hydrogens is 268 g/mol. The summed E-state index contributed by atoms with van der Waals surface area (Å²) in [6.07, 6.45) is 3.95. The van der Waals surface area contributed by atoms with Crippen LogP contribution in [0, 0.1) is 17.8 Å². The third kappa shape index (κ3) is 3.46. The van der Waals surface area contributed by atoms with E-state index >= 15 is 0 Å². The maximum absolute atomic E-state index is 5.81. The molecule has 2 heteroatoms.